The van der Waals surface area contributed by atoms with Gasteiger partial charge in [0.2, 0.25) is 0 Å². The Morgan fingerprint density at radius 1 is 1.11 bits per heavy atom. The van der Waals surface area contributed by atoms with E-state index in [9.17, 15) is 0 Å². The lowest BCUT2D eigenvalue weighted by Crippen LogP contribution is -2.27. The maximum atomic E-state index is 5.88. The van der Waals surface area contributed by atoms with E-state index < -0.39 is 0 Å². The molecule has 1 aromatic carbocycles. The van der Waals surface area contributed by atoms with Gasteiger partial charge in [0.05, 0.1) is 13.2 Å². The van der Waals surface area contributed by atoms with E-state index in [0.29, 0.717) is 13.2 Å². The van der Waals surface area contributed by atoms with E-state index in [1.165, 1.54) is 0 Å². The molecule has 1 rings (SSSR count). The Balaban J connectivity index is 2.72. The number of ether oxygens (including phenoxy) is 2. The molecule has 3 N–H and O–H groups in total. The summed E-state index contributed by atoms with van der Waals surface area (Å²) < 4.78 is 11.1. The predicted octanol–water partition coefficient (Wildman–Crippen LogP) is 2.63. The molecular formula is C14H24N2O2. The van der Waals surface area contributed by atoms with Crippen molar-refractivity contribution in [1.29, 1.82) is 0 Å². The quantitative estimate of drug-likeness (QED) is 0.746. The largest absolute Gasteiger partial charge is 0.490 e. The monoisotopic (exact) mass is 252 g/mol. The van der Waals surface area contributed by atoms with Crippen LogP contribution in [-0.4, -0.2) is 25.8 Å². The number of nitrogens with one attached hydrogen (secondary N) is 1. The Morgan fingerprint density at radius 2 is 1.78 bits per heavy atom. The van der Waals surface area contributed by atoms with Crippen LogP contribution >= 0.6 is 0 Å². The smallest absolute Gasteiger partial charge is 0.163 e. The molecular weight excluding hydrogens is 228 g/mol. The number of rotatable bonds is 8. The molecule has 18 heavy (non-hydrogen) atoms. The normalized spacial score (nSPS) is 12.0. The van der Waals surface area contributed by atoms with Crippen LogP contribution in [0, 0.1) is 0 Å². The van der Waals surface area contributed by atoms with Gasteiger partial charge in [0, 0.05) is 24.3 Å². The van der Waals surface area contributed by atoms with Crippen molar-refractivity contribution in [2.45, 2.75) is 33.2 Å². The highest BCUT2D eigenvalue weighted by molar-refractivity contribution is 5.54. The van der Waals surface area contributed by atoms with Gasteiger partial charge >= 0.3 is 0 Å². The van der Waals surface area contributed by atoms with Gasteiger partial charge in [-0.1, -0.05) is 6.92 Å². The SMILES string of the molecule is CCOc1ccc(NC[C@H](N)CC)cc1OCC. The Morgan fingerprint density at radius 3 is 2.39 bits per heavy atom. The highest BCUT2D eigenvalue weighted by atomic mass is 16.5. The highest BCUT2D eigenvalue weighted by Gasteiger charge is 2.06. The number of anilines is 1. The number of hydrogen-bond donors (Lipinski definition) is 2. The molecule has 0 unspecified atom stereocenters. The minimum Gasteiger partial charge on any atom is -0.490 e. The minimum absolute atomic E-state index is 0.173. The third kappa shape index (κ3) is 4.45. The topological polar surface area (TPSA) is 56.5 Å². The van der Waals surface area contributed by atoms with Gasteiger partial charge in [-0.2, -0.15) is 0 Å². The summed E-state index contributed by atoms with van der Waals surface area (Å²) in [4.78, 5) is 0. The van der Waals surface area contributed by atoms with Gasteiger partial charge in [-0.15, -0.1) is 0 Å². The van der Waals surface area contributed by atoms with Gasteiger partial charge in [-0.25, -0.2) is 0 Å². The lowest BCUT2D eigenvalue weighted by Gasteiger charge is -2.15. The summed E-state index contributed by atoms with van der Waals surface area (Å²) in [6.07, 6.45) is 0.961. The molecule has 0 heterocycles. The fourth-order valence-corrected chi connectivity index (χ4v) is 1.55. The van der Waals surface area contributed by atoms with Crippen molar-refractivity contribution < 1.29 is 9.47 Å². The number of hydrogen-bond acceptors (Lipinski definition) is 4. The van der Waals surface area contributed by atoms with Gasteiger partial charge in [0.25, 0.3) is 0 Å². The van der Waals surface area contributed by atoms with E-state index in [-0.39, 0.29) is 6.04 Å². The van der Waals surface area contributed by atoms with Crippen molar-refractivity contribution in [2.75, 3.05) is 25.1 Å². The summed E-state index contributed by atoms with van der Waals surface area (Å²) in [5, 5.41) is 3.30. The molecule has 4 heteroatoms. The van der Waals surface area contributed by atoms with Crippen molar-refractivity contribution in [2.24, 2.45) is 5.73 Å². The molecule has 0 saturated heterocycles. The summed E-state index contributed by atoms with van der Waals surface area (Å²) in [5.41, 5.74) is 6.88. The number of nitrogens with two attached hydrogens (primary N) is 1. The zero-order valence-electron chi connectivity index (χ0n) is 11.5. The van der Waals surface area contributed by atoms with E-state index in [0.717, 1.165) is 30.2 Å². The molecule has 0 saturated carbocycles. The second-order valence-electron chi connectivity index (χ2n) is 4.08. The van der Waals surface area contributed by atoms with E-state index >= 15 is 0 Å². The highest BCUT2D eigenvalue weighted by Crippen LogP contribution is 2.30. The molecule has 102 valence electrons. The fraction of sp³-hybridized carbons (Fsp3) is 0.571. The van der Waals surface area contributed by atoms with Gasteiger partial charge in [0.15, 0.2) is 11.5 Å². The first-order valence-corrected chi connectivity index (χ1v) is 6.60. The van der Waals surface area contributed by atoms with Crippen molar-refractivity contribution in [3.8, 4) is 11.5 Å². The summed E-state index contributed by atoms with van der Waals surface area (Å²) >= 11 is 0. The standard InChI is InChI=1S/C14H24N2O2/c1-4-11(15)10-16-12-7-8-13(17-5-2)14(9-12)18-6-3/h7-9,11,16H,4-6,10,15H2,1-3H3/t11-/m1/s1. The van der Waals surface area contributed by atoms with Gasteiger partial charge < -0.3 is 20.5 Å². The Bertz CT molecular complexity index is 356. The molecule has 0 amide bonds. The lowest BCUT2D eigenvalue weighted by molar-refractivity contribution is 0.288. The molecule has 0 spiro atoms. The lowest BCUT2D eigenvalue weighted by atomic mass is 10.2. The third-order valence-electron chi connectivity index (χ3n) is 2.64. The molecule has 0 aliphatic carbocycles. The first-order valence-electron chi connectivity index (χ1n) is 6.60. The fourth-order valence-electron chi connectivity index (χ4n) is 1.55. The van der Waals surface area contributed by atoms with Crippen LogP contribution in [0.1, 0.15) is 27.2 Å². The summed E-state index contributed by atoms with van der Waals surface area (Å²) in [6.45, 7) is 8.02. The molecule has 1 atom stereocenters. The average Bonchev–Trinajstić information content (AvgIpc) is 2.39. The van der Waals surface area contributed by atoms with Crippen LogP contribution in [0.2, 0.25) is 0 Å². The second kappa shape index (κ2) is 7.82. The first kappa shape index (κ1) is 14.6. The Labute approximate surface area is 109 Å². The third-order valence-corrected chi connectivity index (χ3v) is 2.64. The van der Waals surface area contributed by atoms with E-state index in [1.807, 2.05) is 32.0 Å². The average molecular weight is 252 g/mol. The van der Waals surface area contributed by atoms with Crippen LogP contribution in [0.25, 0.3) is 0 Å². The molecule has 4 nitrogen and oxygen atoms in total. The molecule has 0 radical (unpaired) electrons. The molecule has 0 aromatic heterocycles. The molecule has 0 fully saturated rings. The molecule has 0 aliphatic rings. The van der Waals surface area contributed by atoms with E-state index in [1.54, 1.807) is 0 Å². The van der Waals surface area contributed by atoms with Crippen LogP contribution in [0.3, 0.4) is 0 Å². The first-order chi connectivity index (χ1) is 8.71. The maximum Gasteiger partial charge on any atom is 0.163 e. The maximum absolute atomic E-state index is 5.88. The Hall–Kier alpha value is -1.42. The summed E-state index contributed by atoms with van der Waals surface area (Å²) in [5.74, 6) is 1.55. The predicted molar refractivity (Wildman–Crippen MR) is 75.5 cm³/mol. The van der Waals surface area contributed by atoms with Crippen molar-refractivity contribution in [3.63, 3.8) is 0 Å². The van der Waals surface area contributed by atoms with Crippen LogP contribution < -0.4 is 20.5 Å². The molecule has 0 bridgehead atoms. The zero-order valence-corrected chi connectivity index (χ0v) is 11.5. The van der Waals surface area contributed by atoms with E-state index in [2.05, 4.69) is 12.2 Å². The van der Waals surface area contributed by atoms with Crippen molar-refractivity contribution >= 4 is 5.69 Å². The van der Waals surface area contributed by atoms with Crippen molar-refractivity contribution in [1.82, 2.24) is 0 Å². The van der Waals surface area contributed by atoms with Crippen LogP contribution in [-0.2, 0) is 0 Å². The van der Waals surface area contributed by atoms with Gasteiger partial charge in [0.1, 0.15) is 0 Å². The summed E-state index contributed by atoms with van der Waals surface area (Å²) in [6, 6.07) is 6.04. The zero-order chi connectivity index (χ0) is 13.4. The van der Waals surface area contributed by atoms with Gasteiger partial charge in [-0.05, 0) is 32.4 Å². The molecule has 1 aromatic rings. The van der Waals surface area contributed by atoms with Crippen LogP contribution in [0.15, 0.2) is 18.2 Å². The Kier molecular flexibility index (Phi) is 6.36. The van der Waals surface area contributed by atoms with Crippen LogP contribution in [0.4, 0.5) is 5.69 Å². The van der Waals surface area contributed by atoms with Gasteiger partial charge in [-0.3, -0.25) is 0 Å². The number of benzene rings is 1. The summed E-state index contributed by atoms with van der Waals surface area (Å²) in [7, 11) is 0. The second-order valence-corrected chi connectivity index (χ2v) is 4.08. The van der Waals surface area contributed by atoms with E-state index in [4.69, 9.17) is 15.2 Å². The molecule has 0 aliphatic heterocycles. The van der Waals surface area contributed by atoms with Crippen molar-refractivity contribution in [3.05, 3.63) is 18.2 Å². The van der Waals surface area contributed by atoms with Crippen LogP contribution in [0.5, 0.6) is 11.5 Å². The minimum atomic E-state index is 0.173.